The van der Waals surface area contributed by atoms with E-state index in [0.717, 1.165) is 0 Å². The molecule has 14 nitrogen and oxygen atoms in total. The molecule has 0 aromatic heterocycles. The van der Waals surface area contributed by atoms with Crippen molar-refractivity contribution in [3.8, 4) is 17.2 Å². The molecule has 11 N–H and O–H groups in total. The van der Waals surface area contributed by atoms with Crippen molar-refractivity contribution in [1.82, 2.24) is 16.0 Å². The first kappa shape index (κ1) is 32.9. The third-order valence-electron chi connectivity index (χ3n) is 6.43. The summed E-state index contributed by atoms with van der Waals surface area (Å²) in [4.78, 5) is 43.9. The van der Waals surface area contributed by atoms with Gasteiger partial charge in [0.25, 0.3) is 0 Å². The van der Waals surface area contributed by atoms with Gasteiger partial charge in [-0.1, -0.05) is 18.2 Å². The molecular weight excluding hydrogens is 558 g/mol. The van der Waals surface area contributed by atoms with Crippen LogP contribution in [0.3, 0.4) is 0 Å². The number of carbonyl (C=O) groups excluding carboxylic acids is 3. The number of aromatic hydroxyl groups is 1. The van der Waals surface area contributed by atoms with E-state index < -0.39 is 35.8 Å². The van der Waals surface area contributed by atoms with Crippen LogP contribution in [0.4, 0.5) is 0 Å². The van der Waals surface area contributed by atoms with Gasteiger partial charge in [0.2, 0.25) is 17.7 Å². The molecule has 0 aliphatic heterocycles. The molecule has 236 valence electrons. The number of nitrogens with two attached hydrogens (primary N) is 3. The SMILES string of the molecule is [2H]N[C@@H](Cc1ccc(O)cc1)C(=O)N[C@@H](CCCN=C(N)N)C(=O)N[C@@H](Cc1ccc(OC)c(OC)c1)C(=O)NCCCO. The lowest BCUT2D eigenvalue weighted by molar-refractivity contribution is -0.132. The van der Waals surface area contributed by atoms with Crippen molar-refractivity contribution >= 4 is 23.7 Å². The number of amides is 3. The van der Waals surface area contributed by atoms with Crippen LogP contribution in [0.1, 0.15) is 30.4 Å². The summed E-state index contributed by atoms with van der Waals surface area (Å²) in [6, 6.07) is 8.16. The monoisotopic (exact) mass is 602 g/mol. The second-order valence-corrected chi connectivity index (χ2v) is 9.76. The van der Waals surface area contributed by atoms with Crippen LogP contribution in [-0.4, -0.2) is 85.9 Å². The molecule has 2 rings (SSSR count). The summed E-state index contributed by atoms with van der Waals surface area (Å²) in [6.07, 6.45) is 0.995. The van der Waals surface area contributed by atoms with Gasteiger partial charge in [0, 0.05) is 26.1 Å². The maximum Gasteiger partial charge on any atom is 0.243 e. The number of hydrogen-bond donors (Lipinski definition) is 8. The third-order valence-corrected chi connectivity index (χ3v) is 6.43. The summed E-state index contributed by atoms with van der Waals surface area (Å²) in [7, 11) is 2.99. The zero-order valence-corrected chi connectivity index (χ0v) is 24.5. The summed E-state index contributed by atoms with van der Waals surface area (Å²) in [5.41, 5.74) is 14.4. The van der Waals surface area contributed by atoms with Crippen molar-refractivity contribution in [1.29, 1.82) is 0 Å². The number of aliphatic hydroxyl groups excluding tert-OH is 1. The number of aliphatic imine (C=N–C) groups is 1. The fourth-order valence-electron chi connectivity index (χ4n) is 4.14. The maximum atomic E-state index is 13.6. The van der Waals surface area contributed by atoms with Crippen LogP contribution < -0.4 is 42.6 Å². The van der Waals surface area contributed by atoms with Crippen LogP contribution in [0.25, 0.3) is 0 Å². The van der Waals surface area contributed by atoms with E-state index in [4.69, 9.17) is 27.5 Å². The Morgan fingerprint density at radius 3 is 2.21 bits per heavy atom. The number of nitrogens with zero attached hydrogens (tertiary/aromatic N) is 1. The van der Waals surface area contributed by atoms with Crippen LogP contribution in [-0.2, 0) is 27.2 Å². The van der Waals surface area contributed by atoms with Gasteiger partial charge in [0.15, 0.2) is 17.5 Å². The molecule has 0 aliphatic carbocycles. The standard InChI is InChI=1S/C29H43N7O7/c1-42-24-11-8-19(17-25(24)43-2)16-23(27(40)33-13-4-14-37)36-28(41)22(5-3-12-34-29(31)32)35-26(39)21(30)15-18-6-9-20(38)10-7-18/h6-11,17,21-23,37-38H,3-5,12-16,30H2,1-2H3,(H,33,40)(H,35,39)(H,36,41)(H4,31,32,34)/t21-,22-,23-/m0/s1/i/hD. The minimum Gasteiger partial charge on any atom is -0.508 e. The van der Waals surface area contributed by atoms with E-state index >= 15 is 0 Å². The van der Waals surface area contributed by atoms with Gasteiger partial charge in [-0.2, -0.15) is 0 Å². The van der Waals surface area contributed by atoms with Crippen LogP contribution in [0.2, 0.25) is 1.41 Å². The van der Waals surface area contributed by atoms with E-state index in [1.54, 1.807) is 30.3 Å². The minimum absolute atomic E-state index is 0.0640. The molecule has 0 bridgehead atoms. The van der Waals surface area contributed by atoms with Gasteiger partial charge in [-0.05, 0) is 61.1 Å². The summed E-state index contributed by atoms with van der Waals surface area (Å²) in [6.45, 7) is 0.277. The Bertz CT molecular complexity index is 1240. The first-order valence-corrected chi connectivity index (χ1v) is 13.8. The van der Waals surface area contributed by atoms with Crippen molar-refractivity contribution in [2.75, 3.05) is 33.9 Å². The molecule has 0 saturated heterocycles. The Morgan fingerprint density at radius 2 is 1.58 bits per heavy atom. The topological polar surface area (TPSA) is 237 Å². The smallest absolute Gasteiger partial charge is 0.243 e. The zero-order chi connectivity index (χ0) is 32.5. The Morgan fingerprint density at radius 1 is 0.907 bits per heavy atom. The Kier molecular flexibility index (Phi) is 13.9. The molecule has 3 amide bonds. The second kappa shape index (κ2) is 18.1. The van der Waals surface area contributed by atoms with Crippen molar-refractivity contribution in [2.45, 2.75) is 50.2 Å². The summed E-state index contributed by atoms with van der Waals surface area (Å²) in [5, 5.41) is 26.8. The van der Waals surface area contributed by atoms with E-state index in [1.807, 2.05) is 0 Å². The molecule has 0 aliphatic rings. The van der Waals surface area contributed by atoms with Crippen LogP contribution in [0.15, 0.2) is 47.5 Å². The number of benzene rings is 2. The number of hydrogen-bond acceptors (Lipinski definition) is 9. The molecular formula is C29H43N7O7. The molecule has 43 heavy (non-hydrogen) atoms. The molecule has 3 atom stereocenters. The van der Waals surface area contributed by atoms with Gasteiger partial charge >= 0.3 is 0 Å². The lowest BCUT2D eigenvalue weighted by Gasteiger charge is -2.24. The third kappa shape index (κ3) is 12.1. The largest absolute Gasteiger partial charge is 0.508 e. The van der Waals surface area contributed by atoms with Crippen molar-refractivity contribution in [3.05, 3.63) is 53.6 Å². The molecule has 0 heterocycles. The van der Waals surface area contributed by atoms with Crippen LogP contribution in [0.5, 0.6) is 17.2 Å². The number of carbonyl (C=O) groups is 3. The van der Waals surface area contributed by atoms with Gasteiger partial charge in [-0.15, -0.1) is 0 Å². The van der Waals surface area contributed by atoms with Crippen LogP contribution >= 0.6 is 0 Å². The van der Waals surface area contributed by atoms with E-state index in [0.29, 0.717) is 35.5 Å². The number of guanidine groups is 1. The Balaban J connectivity index is 2.27. The van der Waals surface area contributed by atoms with Gasteiger partial charge in [0.1, 0.15) is 19.2 Å². The van der Waals surface area contributed by atoms with Gasteiger partial charge in [-0.3, -0.25) is 19.4 Å². The predicted octanol–water partition coefficient (Wildman–Crippen LogP) is -0.956. The Labute approximate surface area is 252 Å². The van der Waals surface area contributed by atoms with E-state index in [-0.39, 0.29) is 50.7 Å². The fraction of sp³-hybridized carbons (Fsp3) is 0.448. The van der Waals surface area contributed by atoms with E-state index in [2.05, 4.69) is 26.7 Å². The lowest BCUT2D eigenvalue weighted by Crippen LogP contribution is -2.56. The van der Waals surface area contributed by atoms with Gasteiger partial charge in [0.05, 0.1) is 20.3 Å². The number of phenols is 1. The average molecular weight is 603 g/mol. The van der Waals surface area contributed by atoms with Crippen molar-refractivity contribution < 1.29 is 35.5 Å². The van der Waals surface area contributed by atoms with Crippen molar-refractivity contribution in [2.24, 2.45) is 22.2 Å². The van der Waals surface area contributed by atoms with Gasteiger partial charge < -0.3 is 52.8 Å². The maximum absolute atomic E-state index is 13.6. The molecule has 0 spiro atoms. The molecule has 0 saturated carbocycles. The highest BCUT2D eigenvalue weighted by Gasteiger charge is 2.28. The number of ether oxygens (including phenoxy) is 2. The highest BCUT2D eigenvalue weighted by molar-refractivity contribution is 5.93. The molecule has 0 unspecified atom stereocenters. The first-order chi connectivity index (χ1) is 21.1. The first-order valence-electron chi connectivity index (χ1n) is 14.3. The number of phenolic OH excluding ortho intramolecular Hbond substituents is 1. The van der Waals surface area contributed by atoms with E-state index in [1.165, 1.54) is 26.4 Å². The van der Waals surface area contributed by atoms with Gasteiger partial charge in [-0.25, -0.2) is 0 Å². The van der Waals surface area contributed by atoms with E-state index in [9.17, 15) is 19.5 Å². The molecule has 0 radical (unpaired) electrons. The summed E-state index contributed by atoms with van der Waals surface area (Å²) >= 11 is 0. The number of aliphatic hydroxyl groups is 1. The van der Waals surface area contributed by atoms with Crippen LogP contribution in [0, 0.1) is 0 Å². The second-order valence-electron chi connectivity index (χ2n) is 9.76. The highest BCUT2D eigenvalue weighted by Crippen LogP contribution is 2.28. The average Bonchev–Trinajstić information content (AvgIpc) is 3.01. The zero-order valence-electron chi connectivity index (χ0n) is 25.5. The number of rotatable bonds is 19. The predicted molar refractivity (Wildman–Crippen MR) is 162 cm³/mol. The number of methoxy groups -OCH3 is 2. The lowest BCUT2D eigenvalue weighted by atomic mass is 10.0. The molecule has 14 heteroatoms. The molecule has 2 aromatic carbocycles. The number of nitrogens with one attached hydrogen (secondary N) is 3. The molecule has 0 fully saturated rings. The Hall–Kier alpha value is -4.56. The minimum atomic E-state index is -1.09. The highest BCUT2D eigenvalue weighted by atomic mass is 16.5. The van der Waals surface area contributed by atoms with Crippen molar-refractivity contribution in [3.63, 3.8) is 0 Å². The molecule has 2 aromatic rings. The normalized spacial score (nSPS) is 13.0. The fourth-order valence-corrected chi connectivity index (χ4v) is 4.14. The summed E-state index contributed by atoms with van der Waals surface area (Å²) in [5.74, 6) is -0.824. The summed E-state index contributed by atoms with van der Waals surface area (Å²) < 4.78 is 18.3. The quantitative estimate of drug-likeness (QED) is 0.0557.